The lowest BCUT2D eigenvalue weighted by Crippen LogP contribution is -1.95. The maximum Gasteiger partial charge on any atom is 0.335 e. The van der Waals surface area contributed by atoms with E-state index in [2.05, 4.69) is 11.9 Å². The summed E-state index contributed by atoms with van der Waals surface area (Å²) < 4.78 is 0. The van der Waals surface area contributed by atoms with Crippen molar-refractivity contribution in [3.63, 3.8) is 0 Å². The number of carboxylic acids is 1. The molecule has 0 atom stereocenters. The number of hydrogen-bond acceptors (Lipinski definition) is 3. The largest absolute Gasteiger partial charge is 0.478 e. The van der Waals surface area contributed by atoms with Gasteiger partial charge < -0.3 is 5.11 Å². The molecule has 0 radical (unpaired) electrons. The zero-order chi connectivity index (χ0) is 12.3. The Morgan fingerprint density at radius 3 is 3.00 bits per heavy atom. The third kappa shape index (κ3) is 2.71. The Labute approximate surface area is 104 Å². The fraction of sp³-hybridized carbons (Fsp3) is 0.231. The number of hydrogen-bond donors (Lipinski definition) is 1. The summed E-state index contributed by atoms with van der Waals surface area (Å²) in [5.74, 6) is -0.907. The molecular formula is C13H13NO2S. The summed E-state index contributed by atoms with van der Waals surface area (Å²) in [5.41, 5.74) is 2.03. The second-order valence-corrected chi connectivity index (χ2v) is 4.71. The molecule has 1 aromatic carbocycles. The minimum Gasteiger partial charge on any atom is -0.478 e. The number of thiazole rings is 1. The summed E-state index contributed by atoms with van der Waals surface area (Å²) >= 11 is 1.62. The quantitative estimate of drug-likeness (QED) is 0.900. The lowest BCUT2D eigenvalue weighted by atomic mass is 10.1. The van der Waals surface area contributed by atoms with Gasteiger partial charge in [-0.2, -0.15) is 0 Å². The van der Waals surface area contributed by atoms with E-state index in [4.69, 9.17) is 5.11 Å². The van der Waals surface area contributed by atoms with Gasteiger partial charge in [-0.3, -0.25) is 0 Å². The number of aryl methyl sites for hydroxylation is 1. The van der Waals surface area contributed by atoms with Crippen molar-refractivity contribution >= 4 is 17.3 Å². The van der Waals surface area contributed by atoms with E-state index in [1.165, 1.54) is 0 Å². The Bertz CT molecular complexity index is 534. The Morgan fingerprint density at radius 1 is 1.47 bits per heavy atom. The number of carbonyl (C=O) groups is 1. The van der Waals surface area contributed by atoms with E-state index in [9.17, 15) is 4.79 Å². The molecule has 2 rings (SSSR count). The second-order valence-electron chi connectivity index (χ2n) is 3.76. The van der Waals surface area contributed by atoms with E-state index in [1.807, 2.05) is 11.4 Å². The summed E-state index contributed by atoms with van der Waals surface area (Å²) in [6.45, 7) is 2.12. The third-order valence-electron chi connectivity index (χ3n) is 2.42. The lowest BCUT2D eigenvalue weighted by Gasteiger charge is -1.98. The first kappa shape index (κ1) is 11.8. The predicted molar refractivity (Wildman–Crippen MR) is 68.5 cm³/mol. The number of carboxylic acid groups (broad SMARTS) is 1. The molecule has 17 heavy (non-hydrogen) atoms. The molecular weight excluding hydrogens is 234 g/mol. The van der Waals surface area contributed by atoms with Gasteiger partial charge in [-0.1, -0.05) is 19.1 Å². The van der Waals surface area contributed by atoms with Crippen LogP contribution in [0.5, 0.6) is 0 Å². The van der Waals surface area contributed by atoms with Crippen LogP contribution in [0.15, 0.2) is 29.6 Å². The topological polar surface area (TPSA) is 50.2 Å². The minimum absolute atomic E-state index is 0.299. The maximum atomic E-state index is 10.9. The Morgan fingerprint density at radius 2 is 2.29 bits per heavy atom. The van der Waals surface area contributed by atoms with E-state index in [0.29, 0.717) is 5.56 Å². The molecule has 3 nitrogen and oxygen atoms in total. The van der Waals surface area contributed by atoms with Crippen LogP contribution < -0.4 is 0 Å². The SMILES string of the molecule is CCCc1nc(-c2cccc(C(=O)O)c2)cs1. The fourth-order valence-corrected chi connectivity index (χ4v) is 2.49. The number of aromatic nitrogens is 1. The Hall–Kier alpha value is -1.68. The Balaban J connectivity index is 2.32. The van der Waals surface area contributed by atoms with Gasteiger partial charge in [0.2, 0.25) is 0 Å². The van der Waals surface area contributed by atoms with Gasteiger partial charge in [0, 0.05) is 10.9 Å². The van der Waals surface area contributed by atoms with Crippen molar-refractivity contribution in [3.05, 3.63) is 40.2 Å². The number of rotatable bonds is 4. The van der Waals surface area contributed by atoms with Gasteiger partial charge in [-0.25, -0.2) is 9.78 Å². The maximum absolute atomic E-state index is 10.9. The Kier molecular flexibility index (Phi) is 3.54. The average molecular weight is 247 g/mol. The zero-order valence-corrected chi connectivity index (χ0v) is 10.3. The van der Waals surface area contributed by atoms with E-state index in [1.54, 1.807) is 29.5 Å². The first-order valence-electron chi connectivity index (χ1n) is 5.49. The first-order valence-corrected chi connectivity index (χ1v) is 6.37. The van der Waals surface area contributed by atoms with Crippen LogP contribution in [0.4, 0.5) is 0 Å². The predicted octanol–water partition coefficient (Wildman–Crippen LogP) is 3.46. The number of benzene rings is 1. The summed E-state index contributed by atoms with van der Waals surface area (Å²) in [6.07, 6.45) is 2.05. The second kappa shape index (κ2) is 5.10. The zero-order valence-electron chi connectivity index (χ0n) is 9.51. The normalized spacial score (nSPS) is 10.4. The average Bonchev–Trinajstić information content (AvgIpc) is 2.78. The standard InChI is InChI=1S/C13H13NO2S/c1-2-4-12-14-11(8-17-12)9-5-3-6-10(7-9)13(15)16/h3,5-8H,2,4H2,1H3,(H,15,16). The van der Waals surface area contributed by atoms with Crippen molar-refractivity contribution < 1.29 is 9.90 Å². The highest BCUT2D eigenvalue weighted by atomic mass is 32.1. The van der Waals surface area contributed by atoms with Crippen LogP contribution in [0.3, 0.4) is 0 Å². The van der Waals surface area contributed by atoms with Crippen LogP contribution in [-0.4, -0.2) is 16.1 Å². The number of aromatic carboxylic acids is 1. The van der Waals surface area contributed by atoms with Crippen LogP contribution >= 0.6 is 11.3 Å². The van der Waals surface area contributed by atoms with Crippen molar-refractivity contribution in [3.8, 4) is 11.3 Å². The van der Waals surface area contributed by atoms with E-state index in [-0.39, 0.29) is 0 Å². The molecule has 0 unspecified atom stereocenters. The minimum atomic E-state index is -0.907. The molecule has 0 fully saturated rings. The van der Waals surface area contributed by atoms with Crippen LogP contribution in [0, 0.1) is 0 Å². The molecule has 0 saturated heterocycles. The molecule has 1 aromatic heterocycles. The van der Waals surface area contributed by atoms with Crippen molar-refractivity contribution in [2.24, 2.45) is 0 Å². The summed E-state index contributed by atoms with van der Waals surface area (Å²) in [7, 11) is 0. The highest BCUT2D eigenvalue weighted by Gasteiger charge is 2.07. The molecule has 0 saturated carbocycles. The molecule has 1 heterocycles. The van der Waals surface area contributed by atoms with Crippen LogP contribution in [0.2, 0.25) is 0 Å². The lowest BCUT2D eigenvalue weighted by molar-refractivity contribution is 0.0697. The molecule has 0 bridgehead atoms. The molecule has 0 aliphatic carbocycles. The molecule has 4 heteroatoms. The number of nitrogens with zero attached hydrogens (tertiary/aromatic N) is 1. The molecule has 0 aliphatic rings. The van der Waals surface area contributed by atoms with Gasteiger partial charge in [-0.05, 0) is 25.0 Å². The molecule has 88 valence electrons. The molecule has 1 N–H and O–H groups in total. The van der Waals surface area contributed by atoms with Crippen LogP contribution in [-0.2, 0) is 6.42 Å². The van der Waals surface area contributed by atoms with Gasteiger partial charge in [0.1, 0.15) is 0 Å². The highest BCUT2D eigenvalue weighted by molar-refractivity contribution is 7.09. The fourth-order valence-electron chi connectivity index (χ4n) is 1.58. The molecule has 0 spiro atoms. The van der Waals surface area contributed by atoms with Crippen molar-refractivity contribution in [2.75, 3.05) is 0 Å². The smallest absolute Gasteiger partial charge is 0.335 e. The summed E-state index contributed by atoms with van der Waals surface area (Å²) in [5, 5.41) is 12.0. The van der Waals surface area contributed by atoms with Gasteiger partial charge in [0.25, 0.3) is 0 Å². The van der Waals surface area contributed by atoms with E-state index >= 15 is 0 Å². The van der Waals surface area contributed by atoms with E-state index < -0.39 is 5.97 Å². The highest BCUT2D eigenvalue weighted by Crippen LogP contribution is 2.23. The monoisotopic (exact) mass is 247 g/mol. The summed E-state index contributed by atoms with van der Waals surface area (Å²) in [6, 6.07) is 6.88. The van der Waals surface area contributed by atoms with Crippen LogP contribution in [0.25, 0.3) is 11.3 Å². The van der Waals surface area contributed by atoms with Gasteiger partial charge in [-0.15, -0.1) is 11.3 Å². The van der Waals surface area contributed by atoms with Crippen molar-refractivity contribution in [2.45, 2.75) is 19.8 Å². The van der Waals surface area contributed by atoms with Crippen molar-refractivity contribution in [1.29, 1.82) is 0 Å². The molecule has 0 aliphatic heterocycles. The van der Waals surface area contributed by atoms with Gasteiger partial charge in [0.15, 0.2) is 0 Å². The van der Waals surface area contributed by atoms with Gasteiger partial charge >= 0.3 is 5.97 Å². The molecule has 0 amide bonds. The van der Waals surface area contributed by atoms with Crippen molar-refractivity contribution in [1.82, 2.24) is 4.98 Å². The van der Waals surface area contributed by atoms with Gasteiger partial charge in [0.05, 0.1) is 16.3 Å². The first-order chi connectivity index (χ1) is 8.20. The molecule has 2 aromatic rings. The third-order valence-corrected chi connectivity index (χ3v) is 3.33. The van der Waals surface area contributed by atoms with E-state index in [0.717, 1.165) is 29.1 Å². The van der Waals surface area contributed by atoms with Crippen LogP contribution in [0.1, 0.15) is 28.7 Å². The summed E-state index contributed by atoms with van der Waals surface area (Å²) in [4.78, 5) is 15.4.